The second-order valence-corrected chi connectivity index (χ2v) is 5.37. The summed E-state index contributed by atoms with van der Waals surface area (Å²) in [5, 5.41) is 0.669. The van der Waals surface area contributed by atoms with Crippen LogP contribution in [0.15, 0.2) is 30.3 Å². The highest BCUT2D eigenvalue weighted by Gasteiger charge is 2.48. The lowest BCUT2D eigenvalue weighted by Gasteiger charge is -2.09. The van der Waals surface area contributed by atoms with Crippen LogP contribution in [0.2, 0.25) is 0 Å². The van der Waals surface area contributed by atoms with E-state index in [0.717, 1.165) is 11.6 Å². The summed E-state index contributed by atoms with van der Waals surface area (Å²) in [5.41, 5.74) is -4.28. The minimum Gasteiger partial charge on any atom is -0.355 e. The molecule has 0 amide bonds. The Morgan fingerprint density at radius 2 is 1.79 bits per heavy atom. The maximum absolute atomic E-state index is 12.2. The molecule has 0 aliphatic rings. The fourth-order valence-corrected chi connectivity index (χ4v) is 1.83. The lowest BCUT2D eigenvalue weighted by atomic mass is 10.1. The summed E-state index contributed by atoms with van der Waals surface area (Å²) >= 11 is 0. The van der Waals surface area contributed by atoms with E-state index in [1.807, 2.05) is 0 Å². The molecule has 8 heteroatoms. The molecule has 0 saturated carbocycles. The van der Waals surface area contributed by atoms with Crippen LogP contribution in [0.3, 0.4) is 0 Å². The molecule has 1 heterocycles. The molecule has 2 rings (SSSR count). The standard InChI is InChI=1S/C11H8F3NO3S/c1-7-2-3-8-4-5-10(15-9(8)6-7)18-19(16,17)11(12,13)14/h2-6H,1H3. The van der Waals surface area contributed by atoms with Crippen LogP contribution < -0.4 is 4.18 Å². The molecule has 2 aromatic rings. The topological polar surface area (TPSA) is 56.3 Å². The van der Waals surface area contributed by atoms with E-state index in [-0.39, 0.29) is 0 Å². The predicted molar refractivity (Wildman–Crippen MR) is 62.1 cm³/mol. The van der Waals surface area contributed by atoms with Crippen LogP contribution in [0.1, 0.15) is 5.56 Å². The van der Waals surface area contributed by atoms with Gasteiger partial charge in [0.15, 0.2) is 0 Å². The van der Waals surface area contributed by atoms with Crippen molar-refractivity contribution in [3.8, 4) is 5.88 Å². The third kappa shape index (κ3) is 2.78. The Labute approximate surface area is 107 Å². The number of pyridine rings is 1. The smallest absolute Gasteiger partial charge is 0.355 e. The molecule has 1 aromatic heterocycles. The first kappa shape index (κ1) is 13.6. The van der Waals surface area contributed by atoms with E-state index in [2.05, 4.69) is 9.17 Å². The zero-order chi connectivity index (χ0) is 14.3. The Kier molecular flexibility index (Phi) is 3.13. The van der Waals surface area contributed by atoms with Crippen molar-refractivity contribution in [2.24, 2.45) is 0 Å². The Bertz CT molecular complexity index is 726. The van der Waals surface area contributed by atoms with Gasteiger partial charge in [0.1, 0.15) is 0 Å². The molecule has 0 atom stereocenters. The van der Waals surface area contributed by atoms with Gasteiger partial charge in [-0.05, 0) is 24.6 Å². The molecule has 0 N–H and O–H groups in total. The predicted octanol–water partition coefficient (Wildman–Crippen LogP) is 2.77. The van der Waals surface area contributed by atoms with Gasteiger partial charge in [-0.1, -0.05) is 12.1 Å². The second kappa shape index (κ2) is 4.37. The van der Waals surface area contributed by atoms with Crippen molar-refractivity contribution < 1.29 is 25.8 Å². The molecule has 0 aliphatic heterocycles. The third-order valence-corrected chi connectivity index (χ3v) is 3.26. The highest BCUT2D eigenvalue weighted by Crippen LogP contribution is 2.27. The minimum atomic E-state index is -5.69. The van der Waals surface area contributed by atoms with Gasteiger partial charge in [0, 0.05) is 11.5 Å². The largest absolute Gasteiger partial charge is 0.534 e. The molecule has 4 nitrogen and oxygen atoms in total. The number of aromatic nitrogens is 1. The van der Waals surface area contributed by atoms with Gasteiger partial charge >= 0.3 is 15.6 Å². The first-order chi connectivity index (χ1) is 8.69. The number of hydrogen-bond acceptors (Lipinski definition) is 4. The molecule has 0 unspecified atom stereocenters. The van der Waals surface area contributed by atoms with Crippen LogP contribution in [0.25, 0.3) is 10.9 Å². The van der Waals surface area contributed by atoms with Crippen LogP contribution >= 0.6 is 0 Å². The van der Waals surface area contributed by atoms with E-state index in [1.54, 1.807) is 25.1 Å². The SMILES string of the molecule is Cc1ccc2ccc(OS(=O)(=O)C(F)(F)F)nc2c1. The first-order valence-corrected chi connectivity index (χ1v) is 6.48. The van der Waals surface area contributed by atoms with Crippen LogP contribution in [0.5, 0.6) is 5.88 Å². The van der Waals surface area contributed by atoms with Crippen molar-refractivity contribution in [1.82, 2.24) is 4.98 Å². The van der Waals surface area contributed by atoms with Gasteiger partial charge in [-0.15, -0.1) is 0 Å². The van der Waals surface area contributed by atoms with Crippen molar-refractivity contribution in [2.45, 2.75) is 12.4 Å². The monoisotopic (exact) mass is 291 g/mol. The molecule has 0 aliphatic carbocycles. The number of fused-ring (bicyclic) bond motifs is 1. The normalized spacial score (nSPS) is 12.6. The van der Waals surface area contributed by atoms with Crippen molar-refractivity contribution in [2.75, 3.05) is 0 Å². The van der Waals surface area contributed by atoms with E-state index < -0.39 is 21.5 Å². The van der Waals surface area contributed by atoms with Gasteiger partial charge in [0.2, 0.25) is 5.88 Å². The highest BCUT2D eigenvalue weighted by atomic mass is 32.2. The molecule has 102 valence electrons. The summed E-state index contributed by atoms with van der Waals surface area (Å²) in [6.45, 7) is 1.78. The van der Waals surface area contributed by atoms with Crippen molar-refractivity contribution in [1.29, 1.82) is 0 Å². The molecular formula is C11H8F3NO3S. The lowest BCUT2D eigenvalue weighted by Crippen LogP contribution is -2.28. The third-order valence-electron chi connectivity index (χ3n) is 2.30. The number of benzene rings is 1. The zero-order valence-electron chi connectivity index (χ0n) is 9.60. The van der Waals surface area contributed by atoms with Crippen LogP contribution in [0.4, 0.5) is 13.2 Å². The summed E-state index contributed by atoms with van der Waals surface area (Å²) < 4.78 is 62.1. The quantitative estimate of drug-likeness (QED) is 0.630. The number of hydrogen-bond donors (Lipinski definition) is 0. The summed E-state index contributed by atoms with van der Waals surface area (Å²) in [6.07, 6.45) is 0. The van der Waals surface area contributed by atoms with E-state index in [1.165, 1.54) is 6.07 Å². The Morgan fingerprint density at radius 3 is 2.42 bits per heavy atom. The zero-order valence-corrected chi connectivity index (χ0v) is 10.4. The van der Waals surface area contributed by atoms with Gasteiger partial charge in [0.05, 0.1) is 5.52 Å². The number of halogens is 3. The van der Waals surface area contributed by atoms with Crippen molar-refractivity contribution >= 4 is 21.0 Å². The van der Waals surface area contributed by atoms with Gasteiger partial charge in [-0.2, -0.15) is 21.6 Å². The van der Waals surface area contributed by atoms with Crippen LogP contribution in [0, 0.1) is 6.92 Å². The number of nitrogens with zero attached hydrogens (tertiary/aromatic N) is 1. The second-order valence-electron chi connectivity index (χ2n) is 3.83. The summed E-state index contributed by atoms with van der Waals surface area (Å²) in [5.74, 6) is -0.615. The van der Waals surface area contributed by atoms with Crippen LogP contribution in [-0.2, 0) is 10.1 Å². The average molecular weight is 291 g/mol. The lowest BCUT2D eigenvalue weighted by molar-refractivity contribution is -0.0501. The average Bonchev–Trinajstić information content (AvgIpc) is 2.26. The maximum atomic E-state index is 12.2. The van der Waals surface area contributed by atoms with Crippen LogP contribution in [-0.4, -0.2) is 18.9 Å². The number of rotatable bonds is 2. The van der Waals surface area contributed by atoms with E-state index in [9.17, 15) is 21.6 Å². The fraction of sp³-hybridized carbons (Fsp3) is 0.182. The highest BCUT2D eigenvalue weighted by molar-refractivity contribution is 7.87. The Morgan fingerprint density at radius 1 is 1.16 bits per heavy atom. The van der Waals surface area contributed by atoms with Crippen molar-refractivity contribution in [3.63, 3.8) is 0 Å². The molecule has 0 radical (unpaired) electrons. The molecule has 0 saturated heterocycles. The molecule has 19 heavy (non-hydrogen) atoms. The molecule has 1 aromatic carbocycles. The summed E-state index contributed by atoms with van der Waals surface area (Å²) in [7, 11) is -5.69. The summed E-state index contributed by atoms with van der Waals surface area (Å²) in [6, 6.07) is 7.64. The summed E-state index contributed by atoms with van der Waals surface area (Å²) in [4.78, 5) is 3.73. The van der Waals surface area contributed by atoms with E-state index >= 15 is 0 Å². The van der Waals surface area contributed by atoms with Gasteiger partial charge in [0.25, 0.3) is 0 Å². The maximum Gasteiger partial charge on any atom is 0.534 e. The molecule has 0 bridgehead atoms. The molecule has 0 spiro atoms. The molecular weight excluding hydrogens is 283 g/mol. The van der Waals surface area contributed by atoms with Gasteiger partial charge in [-0.3, -0.25) is 0 Å². The van der Waals surface area contributed by atoms with E-state index in [4.69, 9.17) is 0 Å². The first-order valence-electron chi connectivity index (χ1n) is 5.07. The van der Waals surface area contributed by atoms with Gasteiger partial charge in [-0.25, -0.2) is 4.98 Å². The Hall–Kier alpha value is -1.83. The fourth-order valence-electron chi connectivity index (χ4n) is 1.41. The van der Waals surface area contributed by atoms with Crippen molar-refractivity contribution in [3.05, 3.63) is 35.9 Å². The Balaban J connectivity index is 2.42. The number of alkyl halides is 3. The van der Waals surface area contributed by atoms with Gasteiger partial charge < -0.3 is 4.18 Å². The van der Waals surface area contributed by atoms with E-state index in [0.29, 0.717) is 10.9 Å². The number of aryl methyl sites for hydroxylation is 1. The minimum absolute atomic E-state index is 0.356. The molecule has 0 fully saturated rings.